The molecule has 0 fully saturated rings. The zero-order valence-electron chi connectivity index (χ0n) is 11.9. The van der Waals surface area contributed by atoms with Crippen LogP contribution >= 0.6 is 11.8 Å². The van der Waals surface area contributed by atoms with Crippen molar-refractivity contribution < 1.29 is 14.7 Å². The van der Waals surface area contributed by atoms with E-state index >= 15 is 0 Å². The molecule has 2 N–H and O–H groups in total. The van der Waals surface area contributed by atoms with Crippen molar-refractivity contribution >= 4 is 29.4 Å². The van der Waals surface area contributed by atoms with Crippen molar-refractivity contribution in [2.45, 2.75) is 19.4 Å². The number of nitrogens with zero attached hydrogens (tertiary/aromatic N) is 1. The lowest BCUT2D eigenvalue weighted by Gasteiger charge is -2.21. The number of carboxylic acid groups (broad SMARTS) is 1. The molecule has 0 saturated carbocycles. The van der Waals surface area contributed by atoms with E-state index in [1.807, 2.05) is 37.4 Å². The minimum Gasteiger partial charge on any atom is -0.480 e. The van der Waals surface area contributed by atoms with Gasteiger partial charge in [-0.3, -0.25) is 4.90 Å². The highest BCUT2D eigenvalue weighted by molar-refractivity contribution is 7.98. The van der Waals surface area contributed by atoms with Crippen LogP contribution in [0.25, 0.3) is 0 Å². The van der Waals surface area contributed by atoms with Gasteiger partial charge in [0.1, 0.15) is 6.04 Å². The molecule has 0 spiro atoms. The van der Waals surface area contributed by atoms with Gasteiger partial charge in [-0.1, -0.05) is 17.7 Å². The number of hydrogen-bond donors (Lipinski definition) is 2. The summed E-state index contributed by atoms with van der Waals surface area (Å²) in [5.41, 5.74) is 1.83. The summed E-state index contributed by atoms with van der Waals surface area (Å²) in [6.07, 6.45) is 2.31. The van der Waals surface area contributed by atoms with Crippen LogP contribution in [-0.2, 0) is 4.79 Å². The molecule has 0 heterocycles. The van der Waals surface area contributed by atoms with Crippen LogP contribution < -0.4 is 10.2 Å². The molecule has 0 saturated heterocycles. The van der Waals surface area contributed by atoms with Crippen LogP contribution in [0.3, 0.4) is 0 Å². The first-order chi connectivity index (χ1) is 9.45. The van der Waals surface area contributed by atoms with E-state index in [0.717, 1.165) is 11.3 Å². The van der Waals surface area contributed by atoms with E-state index in [1.165, 1.54) is 4.90 Å². The minimum atomic E-state index is -1.01. The number of aliphatic carboxylic acids is 1. The SMILES string of the molecule is CSCC[C@H](NC(=O)N(C)c1ccc(C)cc1)C(=O)O. The van der Waals surface area contributed by atoms with Gasteiger partial charge in [-0.15, -0.1) is 0 Å². The molecular weight excluding hydrogens is 276 g/mol. The quantitative estimate of drug-likeness (QED) is 0.845. The third-order valence-corrected chi connectivity index (χ3v) is 3.58. The van der Waals surface area contributed by atoms with Crippen LogP contribution in [0.15, 0.2) is 24.3 Å². The first kappa shape index (κ1) is 16.4. The first-order valence-corrected chi connectivity index (χ1v) is 7.67. The summed E-state index contributed by atoms with van der Waals surface area (Å²) in [6.45, 7) is 1.97. The van der Waals surface area contributed by atoms with Gasteiger partial charge in [0.15, 0.2) is 0 Å². The molecular formula is C14H20N2O3S. The van der Waals surface area contributed by atoms with Gasteiger partial charge in [0.05, 0.1) is 0 Å². The molecule has 0 aliphatic rings. The summed E-state index contributed by atoms with van der Waals surface area (Å²) in [5, 5.41) is 11.6. The number of thioether (sulfide) groups is 1. The Morgan fingerprint density at radius 3 is 2.45 bits per heavy atom. The van der Waals surface area contributed by atoms with E-state index in [9.17, 15) is 9.59 Å². The fourth-order valence-electron chi connectivity index (χ4n) is 1.62. The standard InChI is InChI=1S/C14H20N2O3S/c1-10-4-6-11(7-5-10)16(2)14(19)15-12(13(17)18)8-9-20-3/h4-7,12H,8-9H2,1-3H3,(H,15,19)(H,17,18)/t12-/m0/s1. The van der Waals surface area contributed by atoms with Crippen molar-refractivity contribution in [1.82, 2.24) is 5.32 Å². The highest BCUT2D eigenvalue weighted by Crippen LogP contribution is 2.13. The molecule has 2 amide bonds. The molecule has 1 aromatic rings. The van der Waals surface area contributed by atoms with Gasteiger partial charge in [0.2, 0.25) is 0 Å². The number of benzene rings is 1. The Hall–Kier alpha value is -1.69. The first-order valence-electron chi connectivity index (χ1n) is 6.28. The second-order valence-corrected chi connectivity index (χ2v) is 5.50. The van der Waals surface area contributed by atoms with E-state index < -0.39 is 18.0 Å². The topological polar surface area (TPSA) is 69.6 Å². The van der Waals surface area contributed by atoms with Crippen LogP contribution in [0, 0.1) is 6.92 Å². The van der Waals surface area contributed by atoms with Crippen LogP contribution in [0.2, 0.25) is 0 Å². The molecule has 0 bridgehead atoms. The molecule has 5 nitrogen and oxygen atoms in total. The van der Waals surface area contributed by atoms with E-state index in [2.05, 4.69) is 5.32 Å². The maximum absolute atomic E-state index is 12.1. The number of hydrogen-bond acceptors (Lipinski definition) is 3. The second kappa shape index (κ2) is 7.79. The third kappa shape index (κ3) is 4.77. The fraction of sp³-hybridized carbons (Fsp3) is 0.429. The average molecular weight is 296 g/mol. The average Bonchev–Trinajstić information content (AvgIpc) is 2.42. The fourth-order valence-corrected chi connectivity index (χ4v) is 2.10. The smallest absolute Gasteiger partial charge is 0.326 e. The summed E-state index contributed by atoms with van der Waals surface area (Å²) in [6, 6.07) is 6.19. The Balaban J connectivity index is 2.68. The van der Waals surface area contributed by atoms with Gasteiger partial charge in [-0.25, -0.2) is 9.59 Å². The zero-order valence-corrected chi connectivity index (χ0v) is 12.7. The van der Waals surface area contributed by atoms with Crippen LogP contribution in [0.5, 0.6) is 0 Å². The molecule has 0 radical (unpaired) electrons. The molecule has 1 rings (SSSR count). The Morgan fingerprint density at radius 2 is 1.95 bits per heavy atom. The molecule has 20 heavy (non-hydrogen) atoms. The Labute approximate surface area is 123 Å². The van der Waals surface area contributed by atoms with Crippen molar-refractivity contribution in [2.24, 2.45) is 0 Å². The van der Waals surface area contributed by atoms with Gasteiger partial charge in [-0.05, 0) is 37.5 Å². The highest BCUT2D eigenvalue weighted by Gasteiger charge is 2.21. The van der Waals surface area contributed by atoms with Crippen LogP contribution in [0.1, 0.15) is 12.0 Å². The molecule has 6 heteroatoms. The van der Waals surface area contributed by atoms with E-state index in [0.29, 0.717) is 12.2 Å². The van der Waals surface area contributed by atoms with Gasteiger partial charge >= 0.3 is 12.0 Å². The van der Waals surface area contributed by atoms with Crippen molar-refractivity contribution in [3.63, 3.8) is 0 Å². The van der Waals surface area contributed by atoms with Gasteiger partial charge in [0, 0.05) is 12.7 Å². The summed E-state index contributed by atoms with van der Waals surface area (Å²) < 4.78 is 0. The lowest BCUT2D eigenvalue weighted by Crippen LogP contribution is -2.47. The minimum absolute atomic E-state index is 0.407. The Kier molecular flexibility index (Phi) is 6.38. The molecule has 1 aromatic carbocycles. The number of amides is 2. The Bertz CT molecular complexity index is 462. The summed E-state index contributed by atoms with van der Waals surface area (Å²) in [7, 11) is 1.62. The van der Waals surface area contributed by atoms with Crippen molar-refractivity contribution in [3.8, 4) is 0 Å². The second-order valence-electron chi connectivity index (χ2n) is 4.52. The van der Waals surface area contributed by atoms with Crippen LogP contribution in [0.4, 0.5) is 10.5 Å². The highest BCUT2D eigenvalue weighted by atomic mass is 32.2. The third-order valence-electron chi connectivity index (χ3n) is 2.93. The van der Waals surface area contributed by atoms with E-state index in [1.54, 1.807) is 18.8 Å². The lowest BCUT2D eigenvalue weighted by atomic mass is 10.2. The molecule has 110 valence electrons. The van der Waals surface area contributed by atoms with Crippen molar-refractivity contribution in [3.05, 3.63) is 29.8 Å². The van der Waals surface area contributed by atoms with E-state index in [4.69, 9.17) is 5.11 Å². The number of urea groups is 1. The number of aryl methyl sites for hydroxylation is 1. The molecule has 0 unspecified atom stereocenters. The predicted molar refractivity (Wildman–Crippen MR) is 82.5 cm³/mol. The Morgan fingerprint density at radius 1 is 1.35 bits per heavy atom. The van der Waals surface area contributed by atoms with Crippen LogP contribution in [-0.4, -0.2) is 42.2 Å². The van der Waals surface area contributed by atoms with E-state index in [-0.39, 0.29) is 0 Å². The van der Waals surface area contributed by atoms with Gasteiger partial charge < -0.3 is 10.4 Å². The number of rotatable bonds is 6. The maximum Gasteiger partial charge on any atom is 0.326 e. The summed E-state index contributed by atoms with van der Waals surface area (Å²) >= 11 is 1.55. The predicted octanol–water partition coefficient (Wildman–Crippen LogP) is 2.35. The summed E-state index contributed by atoms with van der Waals surface area (Å²) in [5.74, 6) is -0.324. The monoisotopic (exact) mass is 296 g/mol. The number of anilines is 1. The van der Waals surface area contributed by atoms with Gasteiger partial charge in [-0.2, -0.15) is 11.8 Å². The molecule has 0 aromatic heterocycles. The van der Waals surface area contributed by atoms with Gasteiger partial charge in [0.25, 0.3) is 0 Å². The maximum atomic E-state index is 12.1. The van der Waals surface area contributed by atoms with Crippen molar-refractivity contribution in [1.29, 1.82) is 0 Å². The number of nitrogens with one attached hydrogen (secondary N) is 1. The number of carbonyl (C=O) groups is 2. The largest absolute Gasteiger partial charge is 0.480 e. The summed E-state index contributed by atoms with van der Waals surface area (Å²) in [4.78, 5) is 24.6. The lowest BCUT2D eigenvalue weighted by molar-refractivity contribution is -0.139. The van der Waals surface area contributed by atoms with Crippen molar-refractivity contribution in [2.75, 3.05) is 24.0 Å². The molecule has 0 aliphatic heterocycles. The normalized spacial score (nSPS) is 11.8. The number of carboxylic acids is 1. The number of carbonyl (C=O) groups excluding carboxylic acids is 1. The molecule has 0 aliphatic carbocycles. The molecule has 1 atom stereocenters. The zero-order chi connectivity index (χ0) is 15.1.